The first-order valence-corrected chi connectivity index (χ1v) is 18.6. The maximum atomic E-state index is 12.2. The lowest BCUT2D eigenvalue weighted by Gasteiger charge is -2.29. The van der Waals surface area contributed by atoms with Gasteiger partial charge in [-0.05, 0) is 32.1 Å². The predicted octanol–water partition coefficient (Wildman–Crippen LogP) is 9.24. The normalized spacial score (nSPS) is 12.0. The summed E-state index contributed by atoms with van der Waals surface area (Å²) < 4.78 is 12.7. The number of hydrogen-bond acceptors (Lipinski definition) is 4. The minimum atomic E-state index is -0.207. The number of carbonyl (C=O) groups excluding carboxylic acids is 2. The largest absolute Gasteiger partial charge is 0.460 e. The van der Waals surface area contributed by atoms with Crippen molar-refractivity contribution < 1.29 is 28.0 Å². The van der Waals surface area contributed by atoms with E-state index in [1.165, 1.54) is 128 Å². The maximum absolute atomic E-state index is 12.2. The number of quaternary nitrogens is 2. The number of esters is 2. The highest BCUT2D eigenvalue weighted by molar-refractivity contribution is 5.72. The van der Waals surface area contributed by atoms with E-state index >= 15 is 0 Å². The zero-order chi connectivity index (χ0) is 32.1. The van der Waals surface area contributed by atoms with E-state index in [0.717, 1.165) is 35.1 Å². The molecule has 0 rings (SSSR count). The molecule has 0 spiro atoms. The minimum Gasteiger partial charge on any atom is -0.460 e. The first kappa shape index (κ1) is 41.9. The molecule has 0 unspecified atom stereocenters. The zero-order valence-electron chi connectivity index (χ0n) is 30.0. The molecule has 0 saturated heterocycles. The van der Waals surface area contributed by atoms with Crippen LogP contribution < -0.4 is 0 Å². The van der Waals surface area contributed by atoms with E-state index in [1.54, 1.807) is 0 Å². The fourth-order valence-electron chi connectivity index (χ4n) is 5.61. The first-order valence-electron chi connectivity index (χ1n) is 18.6. The maximum Gasteiger partial charge on any atom is 0.306 e. The van der Waals surface area contributed by atoms with Crippen molar-refractivity contribution in [2.75, 3.05) is 67.6 Å². The molecule has 0 bridgehead atoms. The van der Waals surface area contributed by atoms with E-state index in [1.807, 2.05) is 0 Å². The Bertz CT molecular complexity index is 597. The van der Waals surface area contributed by atoms with Crippen molar-refractivity contribution in [3.05, 3.63) is 0 Å². The van der Waals surface area contributed by atoms with Gasteiger partial charge in [-0.1, -0.05) is 117 Å². The van der Waals surface area contributed by atoms with Crippen molar-refractivity contribution >= 4 is 11.9 Å². The predicted molar refractivity (Wildman–Crippen MR) is 183 cm³/mol. The average molecular weight is 613 g/mol. The van der Waals surface area contributed by atoms with Crippen LogP contribution in [0.4, 0.5) is 0 Å². The molecule has 0 atom stereocenters. The van der Waals surface area contributed by atoms with E-state index in [-0.39, 0.29) is 24.8 Å². The summed E-state index contributed by atoms with van der Waals surface area (Å²) in [6, 6.07) is 0. The summed E-state index contributed by atoms with van der Waals surface area (Å²) in [7, 11) is 8.87. The molecule has 6 nitrogen and oxygen atoms in total. The number of likely N-dealkylation sites (N-methyl/N-ethyl adjacent to an activating group) is 2. The summed E-state index contributed by atoms with van der Waals surface area (Å²) in [4.78, 5) is 24.3. The SMILES string of the molecule is CCCCCCCCCCCC[N+](C)(C)CCOC(=O)CCCC(=O)OCC[N+](C)(C)CCCCCCCCCCCC. The summed E-state index contributed by atoms with van der Waals surface area (Å²) in [5.41, 5.74) is 0. The standard InChI is InChI=1S/C37H76N2O4/c1-7-9-11-13-15-17-19-21-23-25-30-38(3,4)32-34-42-36(40)28-27-29-37(41)43-35-33-39(5,6)31-26-24-22-20-18-16-14-12-10-8-2/h7-35H2,1-6H3/q+2. The molecule has 43 heavy (non-hydrogen) atoms. The van der Waals surface area contributed by atoms with Gasteiger partial charge in [-0.2, -0.15) is 0 Å². The average Bonchev–Trinajstić information content (AvgIpc) is 2.94. The van der Waals surface area contributed by atoms with E-state index in [0.29, 0.717) is 19.6 Å². The van der Waals surface area contributed by atoms with Crippen molar-refractivity contribution in [1.29, 1.82) is 0 Å². The Morgan fingerprint density at radius 3 is 0.977 bits per heavy atom. The third-order valence-corrected chi connectivity index (χ3v) is 8.92. The molecular weight excluding hydrogens is 536 g/mol. The van der Waals surface area contributed by atoms with Crippen molar-refractivity contribution in [3.8, 4) is 0 Å². The van der Waals surface area contributed by atoms with Crippen molar-refractivity contribution in [1.82, 2.24) is 0 Å². The molecule has 0 aliphatic carbocycles. The number of hydrogen-bond donors (Lipinski definition) is 0. The fourth-order valence-corrected chi connectivity index (χ4v) is 5.61. The highest BCUT2D eigenvalue weighted by atomic mass is 16.5. The molecule has 0 aliphatic heterocycles. The quantitative estimate of drug-likeness (QED) is 0.0432. The first-order chi connectivity index (χ1) is 20.6. The summed E-state index contributed by atoms with van der Waals surface area (Å²) >= 11 is 0. The van der Waals surface area contributed by atoms with E-state index in [9.17, 15) is 9.59 Å². The molecular formula is C37H76N2O4+2. The molecule has 0 N–H and O–H groups in total. The lowest BCUT2D eigenvalue weighted by molar-refractivity contribution is -0.890. The molecule has 0 heterocycles. The van der Waals surface area contributed by atoms with Gasteiger partial charge in [-0.25, -0.2) is 0 Å². The summed E-state index contributed by atoms with van der Waals surface area (Å²) in [5.74, 6) is -0.415. The van der Waals surface area contributed by atoms with Gasteiger partial charge in [-0.3, -0.25) is 9.59 Å². The van der Waals surface area contributed by atoms with Crippen LogP contribution >= 0.6 is 0 Å². The highest BCUT2D eigenvalue weighted by Crippen LogP contribution is 2.13. The molecule has 256 valence electrons. The van der Waals surface area contributed by atoms with Gasteiger partial charge in [0.2, 0.25) is 0 Å². The van der Waals surface area contributed by atoms with Gasteiger partial charge >= 0.3 is 11.9 Å². The van der Waals surface area contributed by atoms with Crippen molar-refractivity contribution in [3.63, 3.8) is 0 Å². The molecule has 0 fully saturated rings. The molecule has 6 heteroatoms. The smallest absolute Gasteiger partial charge is 0.306 e. The Hall–Kier alpha value is -1.14. The molecule has 0 aromatic rings. The van der Waals surface area contributed by atoms with Gasteiger partial charge in [0, 0.05) is 12.8 Å². The van der Waals surface area contributed by atoms with Crippen LogP contribution in [0.25, 0.3) is 0 Å². The number of ether oxygens (including phenoxy) is 2. The summed E-state index contributed by atoms with van der Waals surface area (Å²) in [5, 5.41) is 0. The Morgan fingerprint density at radius 2 is 0.674 bits per heavy atom. The molecule has 0 amide bonds. The number of rotatable bonds is 32. The second-order valence-corrected chi connectivity index (χ2v) is 14.4. The second kappa shape index (κ2) is 28.3. The van der Waals surface area contributed by atoms with Crippen LogP contribution in [0.3, 0.4) is 0 Å². The van der Waals surface area contributed by atoms with Crippen molar-refractivity contribution in [2.45, 2.75) is 162 Å². The van der Waals surface area contributed by atoms with Gasteiger partial charge < -0.3 is 18.4 Å². The Balaban J connectivity index is 3.70. The van der Waals surface area contributed by atoms with Gasteiger partial charge in [-0.15, -0.1) is 0 Å². The highest BCUT2D eigenvalue weighted by Gasteiger charge is 2.17. The molecule has 0 aromatic carbocycles. The fraction of sp³-hybridized carbons (Fsp3) is 0.946. The van der Waals surface area contributed by atoms with E-state index in [2.05, 4.69) is 42.0 Å². The second-order valence-electron chi connectivity index (χ2n) is 14.4. The lowest BCUT2D eigenvalue weighted by atomic mass is 10.1. The van der Waals surface area contributed by atoms with Crippen LogP contribution in [0, 0.1) is 0 Å². The van der Waals surface area contributed by atoms with Crippen LogP contribution in [-0.2, 0) is 19.1 Å². The third kappa shape index (κ3) is 30.7. The molecule has 0 radical (unpaired) electrons. The molecule has 0 aromatic heterocycles. The number of carbonyl (C=O) groups is 2. The van der Waals surface area contributed by atoms with Crippen LogP contribution in [-0.4, -0.2) is 88.5 Å². The third-order valence-electron chi connectivity index (χ3n) is 8.92. The van der Waals surface area contributed by atoms with Crippen LogP contribution in [0.5, 0.6) is 0 Å². The monoisotopic (exact) mass is 613 g/mol. The number of unbranched alkanes of at least 4 members (excludes halogenated alkanes) is 18. The van der Waals surface area contributed by atoms with Crippen LogP contribution in [0.2, 0.25) is 0 Å². The molecule has 0 saturated carbocycles. The Morgan fingerprint density at radius 1 is 0.395 bits per heavy atom. The van der Waals surface area contributed by atoms with Gasteiger partial charge in [0.05, 0.1) is 41.3 Å². The van der Waals surface area contributed by atoms with Crippen molar-refractivity contribution in [2.24, 2.45) is 0 Å². The van der Waals surface area contributed by atoms with E-state index in [4.69, 9.17) is 9.47 Å². The van der Waals surface area contributed by atoms with Gasteiger partial charge in [0.1, 0.15) is 26.3 Å². The molecule has 0 aliphatic rings. The topological polar surface area (TPSA) is 52.6 Å². The van der Waals surface area contributed by atoms with Crippen LogP contribution in [0.1, 0.15) is 162 Å². The number of nitrogens with zero attached hydrogens (tertiary/aromatic N) is 2. The summed E-state index contributed by atoms with van der Waals surface area (Å²) in [6.07, 6.45) is 28.1. The Kier molecular flexibility index (Phi) is 27.6. The lowest BCUT2D eigenvalue weighted by Crippen LogP contribution is -2.43. The van der Waals surface area contributed by atoms with Crippen LogP contribution in [0.15, 0.2) is 0 Å². The summed E-state index contributed by atoms with van der Waals surface area (Å²) in [6.45, 7) is 9.33. The Labute approximate surface area is 268 Å². The van der Waals surface area contributed by atoms with Gasteiger partial charge in [0.25, 0.3) is 0 Å². The zero-order valence-corrected chi connectivity index (χ0v) is 30.0. The van der Waals surface area contributed by atoms with E-state index < -0.39 is 0 Å². The van der Waals surface area contributed by atoms with Gasteiger partial charge in [0.15, 0.2) is 0 Å². The minimum absolute atomic E-state index is 0.207.